The zero-order chi connectivity index (χ0) is 46.9. The zero-order valence-electron chi connectivity index (χ0n) is 34.0. The molecule has 3 fully saturated rings. The third-order valence-electron chi connectivity index (χ3n) is 9.57. The summed E-state index contributed by atoms with van der Waals surface area (Å²) in [7, 11) is 1.47. The molecule has 2 N–H and O–H groups in total. The molecule has 0 aromatic heterocycles. The van der Waals surface area contributed by atoms with Crippen molar-refractivity contribution in [1.29, 1.82) is 0 Å². The normalized spacial score (nSPS) is 27.8. The van der Waals surface area contributed by atoms with Gasteiger partial charge in [-0.2, -0.15) is 0 Å². The number of carbonyl (C=O) groups excluding carboxylic acids is 4. The number of nitrogens with one attached hydrogen (secondary N) is 1. The molecule has 65 heavy (non-hydrogen) atoms. The fraction of sp³-hybridized carbons (Fsp3) is 0.463. The van der Waals surface area contributed by atoms with Gasteiger partial charge in [-0.15, -0.1) is 0 Å². The van der Waals surface area contributed by atoms with Gasteiger partial charge < -0.3 is 67.3 Å². The predicted molar refractivity (Wildman–Crippen MR) is 229 cm³/mol. The Kier molecular flexibility index (Phi) is 17.8. The molecule has 0 saturated carbocycles. The molecule has 3 aromatic rings. The molecule has 0 unspecified atom stereocenters. The van der Waals surface area contributed by atoms with Crippen molar-refractivity contribution >= 4 is 93.8 Å². The van der Waals surface area contributed by atoms with E-state index in [1.165, 1.54) is 31.4 Å². The highest BCUT2D eigenvalue weighted by Crippen LogP contribution is 2.39. The van der Waals surface area contributed by atoms with E-state index in [1.54, 1.807) is 60.7 Å². The van der Waals surface area contributed by atoms with E-state index in [-0.39, 0.29) is 17.9 Å². The van der Waals surface area contributed by atoms with E-state index >= 15 is 0 Å². The average molecular weight is 1030 g/mol. The summed E-state index contributed by atoms with van der Waals surface area (Å²) in [6, 6.07) is 21.0. The van der Waals surface area contributed by atoms with Gasteiger partial charge in [-0.25, -0.2) is 14.4 Å². The Hall–Kier alpha value is -3.76. The molecule has 0 spiro atoms. The molecular formula is C41H41Cl6NO17. The van der Waals surface area contributed by atoms with E-state index in [0.29, 0.717) is 11.3 Å². The smallest absolute Gasteiger partial charge is 0.497 e. The van der Waals surface area contributed by atoms with Crippen LogP contribution in [-0.4, -0.2) is 132 Å². The average Bonchev–Trinajstić information content (AvgIpc) is 3.27. The van der Waals surface area contributed by atoms with E-state index in [1.807, 2.05) is 0 Å². The van der Waals surface area contributed by atoms with Crippen molar-refractivity contribution in [3.63, 3.8) is 0 Å². The molecule has 0 aliphatic carbocycles. The minimum atomic E-state index is -2.07. The van der Waals surface area contributed by atoms with Gasteiger partial charge in [0.15, 0.2) is 24.8 Å². The van der Waals surface area contributed by atoms with Gasteiger partial charge in [0.25, 0.3) is 0 Å². The van der Waals surface area contributed by atoms with E-state index in [4.69, 9.17) is 126 Å². The van der Waals surface area contributed by atoms with Crippen LogP contribution in [0.5, 0.6) is 11.5 Å². The van der Waals surface area contributed by atoms with Gasteiger partial charge >= 0.3 is 24.2 Å². The van der Waals surface area contributed by atoms with Crippen molar-refractivity contribution in [2.75, 3.05) is 33.5 Å². The molecule has 3 aliphatic rings. The lowest BCUT2D eigenvalue weighted by molar-refractivity contribution is -0.367. The van der Waals surface area contributed by atoms with E-state index in [9.17, 15) is 24.3 Å². The number of amides is 1. The van der Waals surface area contributed by atoms with Crippen molar-refractivity contribution < 1.29 is 81.1 Å². The second-order valence-electron chi connectivity index (χ2n) is 14.3. The van der Waals surface area contributed by atoms with Crippen LogP contribution < -0.4 is 14.8 Å². The number of hydrogen-bond donors (Lipinski definition) is 2. The summed E-state index contributed by atoms with van der Waals surface area (Å²) in [5.74, 6) is -0.973. The molecule has 3 heterocycles. The number of halogens is 6. The monoisotopic (exact) mass is 1030 g/mol. The lowest BCUT2D eigenvalue weighted by Gasteiger charge is -2.50. The number of alkyl halides is 6. The summed E-state index contributed by atoms with van der Waals surface area (Å²) in [6.45, 7) is -1.18. The van der Waals surface area contributed by atoms with Crippen molar-refractivity contribution in [3.8, 4) is 11.5 Å². The van der Waals surface area contributed by atoms with Gasteiger partial charge in [0.2, 0.25) is 13.9 Å². The molecule has 3 aliphatic heterocycles. The topological polar surface area (TPSA) is 211 Å². The number of esters is 2. The number of aliphatic hydroxyl groups excluding tert-OH is 1. The van der Waals surface area contributed by atoms with Crippen LogP contribution in [0.15, 0.2) is 84.9 Å². The molecule has 11 atom stereocenters. The minimum absolute atomic E-state index is 0.0882. The van der Waals surface area contributed by atoms with Crippen LogP contribution in [0, 0.1) is 0 Å². The van der Waals surface area contributed by atoms with Crippen LogP contribution in [0.3, 0.4) is 0 Å². The molecule has 24 heteroatoms. The Balaban J connectivity index is 1.42. The molecule has 3 saturated heterocycles. The maximum atomic E-state index is 13.8. The number of fused-ring (bicyclic) bond motifs is 1. The van der Waals surface area contributed by atoms with Gasteiger partial charge in [-0.1, -0.05) is 118 Å². The summed E-state index contributed by atoms with van der Waals surface area (Å²) >= 11 is 35.1. The molecule has 0 bridgehead atoms. The summed E-state index contributed by atoms with van der Waals surface area (Å²) in [5, 5.41) is 14.6. The van der Waals surface area contributed by atoms with E-state index in [2.05, 4.69) is 5.32 Å². The Morgan fingerprint density at radius 3 is 2.00 bits per heavy atom. The minimum Gasteiger partial charge on any atom is -0.497 e. The third-order valence-corrected chi connectivity index (χ3v) is 10.2. The number of carbonyl (C=O) groups is 4. The molecule has 354 valence electrons. The number of methoxy groups -OCH3 is 1. The summed E-state index contributed by atoms with van der Waals surface area (Å²) < 4.78 is 66.1. The lowest BCUT2D eigenvalue weighted by atomic mass is 9.94. The molecule has 6 rings (SSSR count). The van der Waals surface area contributed by atoms with Crippen molar-refractivity contribution in [2.45, 2.75) is 82.1 Å². The maximum absolute atomic E-state index is 13.8. The highest BCUT2D eigenvalue weighted by molar-refractivity contribution is 6.68. The quantitative estimate of drug-likeness (QED) is 0.0999. The van der Waals surface area contributed by atoms with Gasteiger partial charge in [0.1, 0.15) is 67.9 Å². The molecule has 1 amide bonds. The number of hydrogen-bond acceptors (Lipinski definition) is 17. The molecular weight excluding hydrogens is 991 g/mol. The number of ether oxygens (including phenoxy) is 12. The maximum Gasteiger partial charge on any atom is 0.508 e. The first-order valence-corrected chi connectivity index (χ1v) is 21.7. The van der Waals surface area contributed by atoms with E-state index < -0.39 is 119 Å². The zero-order valence-corrected chi connectivity index (χ0v) is 38.5. The van der Waals surface area contributed by atoms with Crippen LogP contribution in [-0.2, 0) is 52.2 Å². The molecule has 3 aromatic carbocycles. The third kappa shape index (κ3) is 14.6. The van der Waals surface area contributed by atoms with Gasteiger partial charge in [0.05, 0.1) is 19.3 Å². The second kappa shape index (κ2) is 22.8. The van der Waals surface area contributed by atoms with Crippen LogP contribution in [0.1, 0.15) is 29.1 Å². The van der Waals surface area contributed by atoms with E-state index in [0.717, 1.165) is 6.92 Å². The summed E-state index contributed by atoms with van der Waals surface area (Å²) in [5.41, 5.74) is 0.647. The summed E-state index contributed by atoms with van der Waals surface area (Å²) in [6.07, 6.45) is -18.0. The first kappa shape index (κ1) is 50.6. The molecule has 0 radical (unpaired) electrons. The van der Waals surface area contributed by atoms with Gasteiger partial charge in [-0.3, -0.25) is 4.79 Å². The second-order valence-corrected chi connectivity index (χ2v) is 19.3. The molecule has 18 nitrogen and oxygen atoms in total. The van der Waals surface area contributed by atoms with Crippen LogP contribution in [0.2, 0.25) is 0 Å². The number of benzene rings is 3. The predicted octanol–water partition coefficient (Wildman–Crippen LogP) is 6.53. The Labute approximate surface area is 401 Å². The highest BCUT2D eigenvalue weighted by Gasteiger charge is 2.57. The van der Waals surface area contributed by atoms with Crippen LogP contribution in [0.4, 0.5) is 9.59 Å². The summed E-state index contributed by atoms with van der Waals surface area (Å²) in [4.78, 5) is 52.8. The fourth-order valence-electron chi connectivity index (χ4n) is 6.68. The largest absolute Gasteiger partial charge is 0.508 e. The Morgan fingerprint density at radius 1 is 0.738 bits per heavy atom. The van der Waals surface area contributed by atoms with Crippen LogP contribution >= 0.6 is 69.6 Å². The highest BCUT2D eigenvalue weighted by atomic mass is 35.6. The van der Waals surface area contributed by atoms with Crippen molar-refractivity contribution in [2.24, 2.45) is 0 Å². The Morgan fingerprint density at radius 2 is 1.37 bits per heavy atom. The van der Waals surface area contributed by atoms with Crippen molar-refractivity contribution in [1.82, 2.24) is 5.32 Å². The number of aliphatic hydroxyl groups is 1. The number of rotatable bonds is 14. The number of alkyl carbamates (subject to hydrolysis) is 1. The fourth-order valence-corrected chi connectivity index (χ4v) is 7.01. The van der Waals surface area contributed by atoms with Crippen molar-refractivity contribution in [3.05, 3.63) is 96.1 Å². The van der Waals surface area contributed by atoms with Gasteiger partial charge in [0, 0.05) is 12.5 Å². The lowest BCUT2D eigenvalue weighted by Crippen LogP contribution is -2.70. The van der Waals surface area contributed by atoms with Crippen LogP contribution in [0.25, 0.3) is 0 Å². The Bertz CT molecular complexity index is 2050. The first-order valence-electron chi connectivity index (χ1n) is 19.4. The van der Waals surface area contributed by atoms with Gasteiger partial charge in [-0.05, 0) is 36.4 Å². The first-order chi connectivity index (χ1) is 30.9. The standard InChI is InChI=1S/C41H41Cl6NO17/c1-21(49)55-17-26-29(50)32(33(62-34(51)22-9-5-3-6-10-22)37(60-26)59-25-15-13-24(54-2)14-16-25)64-36-28(48-38(52)57-19-40(42,43)44)31(65-39(53)58-20-41(45,46)47)30-27(61-36)18-56-35(63-30)23-11-7-4-8-12-23/h3-16,26-33,35-37,50H,17-20H2,1-2H3,(H,48,52)/t26-,27-,28-,29+,30-,31-,32+,33-,35-,36+,37-/m1/s1. The SMILES string of the molecule is COc1ccc(O[C@@H]2O[C@H](COC(C)=O)[C@H](O)[C@H](O[C@@H]3O[C@@H]4CO[C@@H](c5ccccc5)O[C@H]4[C@H](OC(=O)OCC(Cl)(Cl)Cl)[C@H]3NC(=O)OCC(Cl)(Cl)Cl)[C@H]2OC(=O)c2ccccc2)cc1.